The molecular formula is C19H23F2N3O3. The Morgan fingerprint density at radius 1 is 1.44 bits per heavy atom. The molecule has 0 saturated carbocycles. The topological polar surface area (TPSA) is 74.6 Å². The van der Waals surface area contributed by atoms with Crippen molar-refractivity contribution in [3.63, 3.8) is 0 Å². The molecule has 146 valence electrons. The van der Waals surface area contributed by atoms with Gasteiger partial charge < -0.3 is 19.9 Å². The number of pyridine rings is 1. The van der Waals surface area contributed by atoms with Crippen molar-refractivity contribution in [2.75, 3.05) is 25.0 Å². The molecule has 2 N–H and O–H groups in total. The number of benzene rings is 1. The molecule has 1 aromatic carbocycles. The van der Waals surface area contributed by atoms with Gasteiger partial charge in [0.25, 0.3) is 0 Å². The van der Waals surface area contributed by atoms with E-state index in [-0.39, 0.29) is 35.1 Å². The zero-order valence-electron chi connectivity index (χ0n) is 15.6. The van der Waals surface area contributed by atoms with Gasteiger partial charge in [-0.1, -0.05) is 0 Å². The number of anilines is 1. The summed E-state index contributed by atoms with van der Waals surface area (Å²) in [5.41, 5.74) is -1.60. The highest BCUT2D eigenvalue weighted by Gasteiger charge is 2.31. The highest BCUT2D eigenvalue weighted by molar-refractivity contribution is 5.93. The monoisotopic (exact) mass is 379 g/mol. The lowest BCUT2D eigenvalue weighted by Gasteiger charge is -2.23. The molecule has 27 heavy (non-hydrogen) atoms. The number of nitrogens with one attached hydrogen (secondary N) is 1. The normalized spacial score (nSPS) is 18.3. The van der Waals surface area contributed by atoms with Crippen LogP contribution in [0.5, 0.6) is 0 Å². The highest BCUT2D eigenvalue weighted by atomic mass is 19.1. The van der Waals surface area contributed by atoms with Crippen LogP contribution in [-0.4, -0.2) is 41.8 Å². The molecule has 1 fully saturated rings. The fraction of sp³-hybridized carbons (Fsp3) is 0.474. The maximum atomic E-state index is 15.3. The van der Waals surface area contributed by atoms with Crippen molar-refractivity contribution in [1.29, 1.82) is 0 Å². The van der Waals surface area contributed by atoms with E-state index in [0.717, 1.165) is 18.7 Å². The second-order valence-electron chi connectivity index (χ2n) is 6.95. The lowest BCUT2D eigenvalue weighted by molar-refractivity contribution is 0.0695. The summed E-state index contributed by atoms with van der Waals surface area (Å²) in [6.45, 7) is 5.00. The molecule has 1 saturated heterocycles. The second kappa shape index (κ2) is 7.26. The van der Waals surface area contributed by atoms with E-state index in [0.29, 0.717) is 13.1 Å². The second-order valence-corrected chi connectivity index (χ2v) is 6.95. The Bertz CT molecular complexity index is 958. The maximum Gasteiger partial charge on any atom is 0.341 e. The van der Waals surface area contributed by atoms with E-state index in [9.17, 15) is 19.1 Å². The van der Waals surface area contributed by atoms with E-state index in [1.165, 1.54) is 4.57 Å². The third-order valence-electron chi connectivity index (χ3n) is 5.50. The number of hydrogen-bond acceptors (Lipinski definition) is 4. The Morgan fingerprint density at radius 3 is 2.74 bits per heavy atom. The van der Waals surface area contributed by atoms with Crippen LogP contribution in [0, 0.1) is 17.6 Å². The van der Waals surface area contributed by atoms with Gasteiger partial charge in [-0.3, -0.25) is 4.79 Å². The van der Waals surface area contributed by atoms with Crippen molar-refractivity contribution in [3.05, 3.63) is 39.7 Å². The van der Waals surface area contributed by atoms with Gasteiger partial charge in [-0.25, -0.2) is 13.6 Å². The smallest absolute Gasteiger partial charge is 0.341 e. The number of carbonyl (C=O) groups is 1. The molecule has 0 unspecified atom stereocenters. The van der Waals surface area contributed by atoms with Gasteiger partial charge in [0.05, 0.1) is 10.9 Å². The first-order valence-electron chi connectivity index (χ1n) is 9.00. The minimum atomic E-state index is -1.42. The average Bonchev–Trinajstić information content (AvgIpc) is 3.11. The Kier molecular flexibility index (Phi) is 5.19. The van der Waals surface area contributed by atoms with Gasteiger partial charge in [0.15, 0.2) is 5.82 Å². The fourth-order valence-corrected chi connectivity index (χ4v) is 3.80. The van der Waals surface area contributed by atoms with Crippen LogP contribution in [0.15, 0.2) is 17.1 Å². The molecule has 0 spiro atoms. The summed E-state index contributed by atoms with van der Waals surface area (Å²) in [5, 5.41) is 12.1. The minimum Gasteiger partial charge on any atom is -0.477 e. The van der Waals surface area contributed by atoms with E-state index in [1.807, 2.05) is 14.0 Å². The first-order valence-corrected chi connectivity index (χ1v) is 9.00. The summed E-state index contributed by atoms with van der Waals surface area (Å²) in [7, 11) is 1.85. The number of aromatic nitrogens is 1. The van der Waals surface area contributed by atoms with Crippen LogP contribution in [0.1, 0.15) is 30.6 Å². The zero-order chi connectivity index (χ0) is 19.9. The molecule has 1 aromatic heterocycles. The number of carboxylic acids is 1. The van der Waals surface area contributed by atoms with Crippen molar-refractivity contribution in [1.82, 2.24) is 9.88 Å². The van der Waals surface area contributed by atoms with Gasteiger partial charge in [0.2, 0.25) is 5.43 Å². The number of halogens is 2. The molecule has 1 aliphatic heterocycles. The van der Waals surface area contributed by atoms with E-state index in [1.54, 1.807) is 11.8 Å². The van der Waals surface area contributed by atoms with Crippen LogP contribution >= 0.6 is 0 Å². The first-order chi connectivity index (χ1) is 12.8. The lowest BCUT2D eigenvalue weighted by Crippen LogP contribution is -2.33. The predicted octanol–water partition coefficient (Wildman–Crippen LogP) is 2.43. The number of hydrogen-bond donors (Lipinski definition) is 2. The number of carboxylic acid groups (broad SMARTS) is 1. The molecule has 8 heteroatoms. The van der Waals surface area contributed by atoms with Crippen LogP contribution in [-0.2, 0) is 6.54 Å². The maximum absolute atomic E-state index is 15.3. The SMILES string of the molecule is CCn1cc(C(=O)O)c(=O)c2cc(F)c(N3CC[C@H]([C@H](C)NC)C3)c(F)c21. The zero-order valence-corrected chi connectivity index (χ0v) is 15.6. The summed E-state index contributed by atoms with van der Waals surface area (Å²) < 4.78 is 31.5. The van der Waals surface area contributed by atoms with Gasteiger partial charge in [-0.05, 0) is 39.3 Å². The molecule has 0 aliphatic carbocycles. The third kappa shape index (κ3) is 3.18. The van der Waals surface area contributed by atoms with Crippen LogP contribution in [0.3, 0.4) is 0 Å². The highest BCUT2D eigenvalue weighted by Crippen LogP contribution is 2.34. The number of nitrogens with zero attached hydrogens (tertiary/aromatic N) is 2. The quantitative estimate of drug-likeness (QED) is 0.835. The number of aryl methyl sites for hydroxylation is 1. The Morgan fingerprint density at radius 2 is 2.15 bits per heavy atom. The number of rotatable bonds is 5. The standard InChI is InChI=1S/C19H23F2N3O3/c1-4-23-9-13(19(26)27)18(25)12-7-14(20)17(15(21)16(12)23)24-6-5-11(8-24)10(2)22-3/h7,9-11,22H,4-6,8H2,1-3H3,(H,26,27)/t10-,11-/m0/s1. The Labute approximate surface area is 155 Å². The molecule has 3 rings (SSSR count). The van der Waals surface area contributed by atoms with Gasteiger partial charge in [0, 0.05) is 31.9 Å². The minimum absolute atomic E-state index is 0.0611. The lowest BCUT2D eigenvalue weighted by atomic mass is 10.0. The molecule has 2 aromatic rings. The molecule has 2 atom stereocenters. The van der Waals surface area contributed by atoms with E-state index < -0.39 is 28.6 Å². The number of aromatic carboxylic acids is 1. The van der Waals surface area contributed by atoms with E-state index in [2.05, 4.69) is 5.32 Å². The Hall–Kier alpha value is -2.48. The molecule has 0 radical (unpaired) electrons. The fourth-order valence-electron chi connectivity index (χ4n) is 3.80. The number of fused-ring (bicyclic) bond motifs is 1. The van der Waals surface area contributed by atoms with Gasteiger partial charge >= 0.3 is 5.97 Å². The Balaban J connectivity index is 2.18. The first kappa shape index (κ1) is 19.3. The molecule has 2 heterocycles. The van der Waals surface area contributed by atoms with Gasteiger partial charge in [-0.15, -0.1) is 0 Å². The largest absolute Gasteiger partial charge is 0.477 e. The summed E-state index contributed by atoms with van der Waals surface area (Å²) in [4.78, 5) is 25.4. The van der Waals surface area contributed by atoms with Crippen molar-refractivity contribution in [3.8, 4) is 0 Å². The molecule has 0 amide bonds. The van der Waals surface area contributed by atoms with Gasteiger partial charge in [0.1, 0.15) is 17.1 Å². The van der Waals surface area contributed by atoms with Crippen LogP contribution in [0.2, 0.25) is 0 Å². The van der Waals surface area contributed by atoms with Crippen molar-refractivity contribution in [2.45, 2.75) is 32.9 Å². The molecule has 1 aliphatic rings. The molecule has 0 bridgehead atoms. The third-order valence-corrected chi connectivity index (χ3v) is 5.50. The van der Waals surface area contributed by atoms with Gasteiger partial charge in [-0.2, -0.15) is 0 Å². The molecular weight excluding hydrogens is 356 g/mol. The summed E-state index contributed by atoms with van der Waals surface area (Å²) >= 11 is 0. The van der Waals surface area contributed by atoms with E-state index in [4.69, 9.17) is 0 Å². The van der Waals surface area contributed by atoms with Crippen LogP contribution in [0.4, 0.5) is 14.5 Å². The summed E-state index contributed by atoms with van der Waals surface area (Å²) in [6.07, 6.45) is 1.92. The van der Waals surface area contributed by atoms with E-state index >= 15 is 4.39 Å². The van der Waals surface area contributed by atoms with Crippen molar-refractivity contribution >= 4 is 22.6 Å². The predicted molar refractivity (Wildman–Crippen MR) is 99.6 cm³/mol. The summed E-state index contributed by atoms with van der Waals surface area (Å²) in [5.74, 6) is -2.83. The molecule has 6 nitrogen and oxygen atoms in total. The van der Waals surface area contributed by atoms with Crippen LogP contribution in [0.25, 0.3) is 10.9 Å². The van der Waals surface area contributed by atoms with Crippen molar-refractivity contribution < 1.29 is 18.7 Å². The van der Waals surface area contributed by atoms with Crippen molar-refractivity contribution in [2.24, 2.45) is 5.92 Å². The summed E-state index contributed by atoms with van der Waals surface area (Å²) in [6, 6.07) is 1.18. The average molecular weight is 379 g/mol. The van der Waals surface area contributed by atoms with Crippen LogP contribution < -0.4 is 15.6 Å².